The van der Waals surface area contributed by atoms with Crippen molar-refractivity contribution in [2.45, 2.75) is 32.7 Å². The van der Waals surface area contributed by atoms with Crippen LogP contribution in [0.5, 0.6) is 0 Å². The van der Waals surface area contributed by atoms with E-state index in [2.05, 4.69) is 81.4 Å². The summed E-state index contributed by atoms with van der Waals surface area (Å²) in [5, 5.41) is 4.80. The third-order valence-electron chi connectivity index (χ3n) is 6.38. The van der Waals surface area contributed by atoms with Gasteiger partial charge in [0.05, 0.1) is 17.2 Å². The van der Waals surface area contributed by atoms with Crippen LogP contribution in [-0.2, 0) is 4.79 Å². The normalized spacial score (nSPS) is 19.6. The highest BCUT2D eigenvalue weighted by Gasteiger charge is 2.40. The summed E-state index contributed by atoms with van der Waals surface area (Å²) in [4.78, 5) is 20.1. The number of allylic oxidation sites excluding steroid dienone is 1. The Morgan fingerprint density at radius 3 is 2.68 bits per heavy atom. The molecule has 2 heterocycles. The van der Waals surface area contributed by atoms with Crippen LogP contribution in [0.15, 0.2) is 58.7 Å². The van der Waals surface area contributed by atoms with Crippen molar-refractivity contribution < 1.29 is 4.79 Å². The molecule has 0 bridgehead atoms. The zero-order valence-electron chi connectivity index (χ0n) is 18.3. The monoisotopic (exact) mass is 475 g/mol. The van der Waals surface area contributed by atoms with Crippen LogP contribution in [0.25, 0.3) is 16.5 Å². The number of ketones is 1. The molecule has 0 saturated carbocycles. The number of fused-ring (bicyclic) bond motifs is 4. The maximum Gasteiger partial charge on any atom is 0.162 e. The first-order valence-corrected chi connectivity index (χ1v) is 11.4. The lowest BCUT2D eigenvalue weighted by atomic mass is 9.68. The van der Waals surface area contributed by atoms with Crippen LogP contribution in [0.1, 0.15) is 43.9 Å². The lowest BCUT2D eigenvalue weighted by Gasteiger charge is -2.40. The molecule has 1 aliphatic heterocycles. The second-order valence-electron chi connectivity index (χ2n) is 9.57. The maximum atomic E-state index is 13.5. The van der Waals surface area contributed by atoms with Gasteiger partial charge < -0.3 is 10.2 Å². The largest absolute Gasteiger partial charge is 0.377 e. The second-order valence-corrected chi connectivity index (χ2v) is 10.4. The summed E-state index contributed by atoms with van der Waals surface area (Å²) in [7, 11) is 4.06. The Balaban J connectivity index is 1.75. The first-order chi connectivity index (χ1) is 14.7. The number of halogens is 1. The van der Waals surface area contributed by atoms with E-state index in [0.29, 0.717) is 6.42 Å². The van der Waals surface area contributed by atoms with Crippen molar-refractivity contribution in [2.24, 2.45) is 5.41 Å². The van der Waals surface area contributed by atoms with Gasteiger partial charge in [-0.3, -0.25) is 9.78 Å². The molecular weight excluding hydrogens is 450 g/mol. The number of carbonyl (C=O) groups excluding carboxylic acids is 1. The van der Waals surface area contributed by atoms with Gasteiger partial charge >= 0.3 is 0 Å². The molecule has 158 valence electrons. The van der Waals surface area contributed by atoms with Crippen molar-refractivity contribution in [3.05, 3.63) is 69.8 Å². The highest BCUT2D eigenvalue weighted by atomic mass is 79.9. The number of rotatable bonds is 2. The van der Waals surface area contributed by atoms with Crippen LogP contribution >= 0.6 is 15.9 Å². The first-order valence-electron chi connectivity index (χ1n) is 10.6. The van der Waals surface area contributed by atoms with Crippen molar-refractivity contribution in [1.82, 2.24) is 4.98 Å². The van der Waals surface area contributed by atoms with Crippen LogP contribution in [-0.4, -0.2) is 24.9 Å². The van der Waals surface area contributed by atoms with E-state index in [1.807, 2.05) is 26.4 Å². The number of pyridine rings is 1. The van der Waals surface area contributed by atoms with E-state index < -0.39 is 0 Å². The molecule has 31 heavy (non-hydrogen) atoms. The van der Waals surface area contributed by atoms with Crippen molar-refractivity contribution >= 4 is 49.6 Å². The number of aromatic nitrogens is 1. The van der Waals surface area contributed by atoms with Gasteiger partial charge in [0, 0.05) is 53.4 Å². The average molecular weight is 476 g/mol. The molecule has 0 radical (unpaired) electrons. The number of nitrogens with one attached hydrogen (secondary N) is 1. The Labute approximate surface area is 191 Å². The summed E-state index contributed by atoms with van der Waals surface area (Å²) in [6.07, 6.45) is 3.27. The fourth-order valence-corrected chi connectivity index (χ4v) is 5.78. The molecule has 4 nitrogen and oxygen atoms in total. The molecular formula is C26H26BrN3O. The molecule has 2 aliphatic rings. The zero-order chi connectivity index (χ0) is 21.9. The molecule has 1 atom stereocenters. The van der Waals surface area contributed by atoms with Crippen LogP contribution in [0.3, 0.4) is 0 Å². The molecule has 1 aromatic heterocycles. The summed E-state index contributed by atoms with van der Waals surface area (Å²) in [6, 6.07) is 14.5. The molecule has 5 heteroatoms. The molecule has 0 spiro atoms. The van der Waals surface area contributed by atoms with Crippen LogP contribution in [0.2, 0.25) is 0 Å². The van der Waals surface area contributed by atoms with Crippen molar-refractivity contribution in [2.75, 3.05) is 24.3 Å². The lowest BCUT2D eigenvalue weighted by Crippen LogP contribution is -2.33. The van der Waals surface area contributed by atoms with Crippen LogP contribution in [0.4, 0.5) is 11.4 Å². The van der Waals surface area contributed by atoms with E-state index in [9.17, 15) is 4.79 Å². The molecule has 0 amide bonds. The zero-order valence-corrected chi connectivity index (χ0v) is 19.9. The fourth-order valence-electron chi connectivity index (χ4n) is 5.03. The van der Waals surface area contributed by atoms with E-state index in [-0.39, 0.29) is 17.2 Å². The number of nitrogens with zero attached hydrogens (tertiary/aromatic N) is 2. The summed E-state index contributed by atoms with van der Waals surface area (Å²) in [6.45, 7) is 4.38. The Hall–Kier alpha value is -2.66. The highest BCUT2D eigenvalue weighted by Crippen LogP contribution is 2.52. The minimum atomic E-state index is -0.160. The summed E-state index contributed by atoms with van der Waals surface area (Å²) >= 11 is 3.72. The Bertz CT molecular complexity index is 1260. The van der Waals surface area contributed by atoms with E-state index in [1.165, 1.54) is 5.57 Å². The minimum absolute atomic E-state index is 0.0607. The topological polar surface area (TPSA) is 45.2 Å². The van der Waals surface area contributed by atoms with Gasteiger partial charge in [0.1, 0.15) is 0 Å². The third kappa shape index (κ3) is 3.35. The SMILES string of the molecule is CN(C)c1ccc([C@@H]2Nc3ccc4ncccc4c3C3=C2C(=O)CC(C)(C)C3)cc1Br. The molecule has 1 aliphatic carbocycles. The molecule has 0 unspecified atom stereocenters. The first kappa shape index (κ1) is 20.3. The third-order valence-corrected chi connectivity index (χ3v) is 7.02. The van der Waals surface area contributed by atoms with Gasteiger partial charge in [-0.1, -0.05) is 26.0 Å². The van der Waals surface area contributed by atoms with Gasteiger partial charge in [0.25, 0.3) is 0 Å². The van der Waals surface area contributed by atoms with Crippen molar-refractivity contribution in [3.63, 3.8) is 0 Å². The number of carbonyl (C=O) groups is 1. The predicted molar refractivity (Wildman–Crippen MR) is 132 cm³/mol. The molecule has 1 N–H and O–H groups in total. The molecule has 5 rings (SSSR count). The van der Waals surface area contributed by atoms with E-state index in [4.69, 9.17) is 0 Å². The summed E-state index contributed by atoms with van der Waals surface area (Å²) < 4.78 is 1.02. The Kier molecular flexibility index (Phi) is 4.70. The average Bonchev–Trinajstić information content (AvgIpc) is 2.71. The number of benzene rings is 2. The summed E-state index contributed by atoms with van der Waals surface area (Å²) in [5.41, 5.74) is 7.40. The van der Waals surface area contributed by atoms with Gasteiger partial charge in [-0.15, -0.1) is 0 Å². The maximum absolute atomic E-state index is 13.5. The fraction of sp³-hybridized carbons (Fsp3) is 0.308. The Morgan fingerprint density at radius 1 is 1.13 bits per heavy atom. The number of hydrogen-bond donors (Lipinski definition) is 1. The highest BCUT2D eigenvalue weighted by molar-refractivity contribution is 9.10. The standard InChI is InChI=1S/C26H26BrN3O/c1-26(2)13-17-23-16-6-5-11-28-19(16)8-9-20(23)29-25(24(17)22(31)14-26)15-7-10-21(30(3)4)18(27)12-15/h5-12,25,29H,13-14H2,1-4H3/t25-/m0/s1. The van der Waals surface area contributed by atoms with Gasteiger partial charge in [-0.25, -0.2) is 0 Å². The quantitative estimate of drug-likeness (QED) is 0.467. The van der Waals surface area contributed by atoms with E-state index >= 15 is 0 Å². The molecule has 2 aromatic carbocycles. The predicted octanol–water partition coefficient (Wildman–Crippen LogP) is 6.37. The minimum Gasteiger partial charge on any atom is -0.377 e. The summed E-state index contributed by atoms with van der Waals surface area (Å²) in [5.74, 6) is 0.239. The van der Waals surface area contributed by atoms with Crippen LogP contribution < -0.4 is 10.2 Å². The number of anilines is 2. The van der Waals surface area contributed by atoms with E-state index in [1.54, 1.807) is 0 Å². The van der Waals surface area contributed by atoms with Gasteiger partial charge in [-0.05, 0) is 69.2 Å². The van der Waals surface area contributed by atoms with Gasteiger partial charge in [-0.2, -0.15) is 0 Å². The van der Waals surface area contributed by atoms with Gasteiger partial charge in [0.15, 0.2) is 5.78 Å². The number of hydrogen-bond acceptors (Lipinski definition) is 4. The van der Waals surface area contributed by atoms with Crippen molar-refractivity contribution in [1.29, 1.82) is 0 Å². The van der Waals surface area contributed by atoms with Crippen LogP contribution in [0, 0.1) is 5.41 Å². The lowest BCUT2D eigenvalue weighted by molar-refractivity contribution is -0.118. The van der Waals surface area contributed by atoms with Crippen molar-refractivity contribution in [3.8, 4) is 0 Å². The smallest absolute Gasteiger partial charge is 0.162 e. The molecule has 0 saturated heterocycles. The van der Waals surface area contributed by atoms with Gasteiger partial charge in [0.2, 0.25) is 0 Å². The molecule has 0 fully saturated rings. The molecule has 3 aromatic rings. The second kappa shape index (κ2) is 7.20. The number of Topliss-reactive ketones (excluding diaryl/α,β-unsaturated/α-hetero) is 1. The Morgan fingerprint density at radius 2 is 1.94 bits per heavy atom. The van der Waals surface area contributed by atoms with E-state index in [0.717, 1.165) is 49.9 Å².